The van der Waals surface area contributed by atoms with Crippen LogP contribution in [0.2, 0.25) is 0 Å². The third kappa shape index (κ3) is 2.40. The summed E-state index contributed by atoms with van der Waals surface area (Å²) in [5, 5.41) is 3.16. The molecule has 0 aliphatic rings. The van der Waals surface area contributed by atoms with E-state index in [1.807, 2.05) is 18.2 Å². The lowest BCUT2D eigenvalue weighted by Gasteiger charge is -2.01. The molecule has 80 valence electrons. The van der Waals surface area contributed by atoms with E-state index in [-0.39, 0.29) is 0 Å². The monoisotopic (exact) mass is 226 g/mol. The first-order chi connectivity index (χ1) is 7.29. The zero-order valence-electron chi connectivity index (χ0n) is 8.05. The lowest BCUT2D eigenvalue weighted by Crippen LogP contribution is -2.15. The van der Waals surface area contributed by atoms with Gasteiger partial charge in [-0.05, 0) is 17.7 Å². The fraction of sp³-hybridized carbons (Fsp3) is 0.300. The van der Waals surface area contributed by atoms with Gasteiger partial charge < -0.3 is 9.73 Å². The molecule has 0 saturated heterocycles. The van der Waals surface area contributed by atoms with Crippen LogP contribution in [0.5, 0.6) is 0 Å². The topological polar surface area (TPSA) is 58.0 Å². The number of nitrogens with one attached hydrogen (secondary N) is 2. The number of fused-ring (bicyclic) bond motifs is 1. The number of aromatic amines is 1. The number of alkyl halides is 1. The first kappa shape index (κ1) is 10.3. The number of H-pyrrole nitrogens is 1. The average molecular weight is 227 g/mol. The highest BCUT2D eigenvalue weighted by atomic mass is 35.5. The van der Waals surface area contributed by atoms with Gasteiger partial charge in [0.2, 0.25) is 0 Å². The first-order valence-corrected chi connectivity index (χ1v) is 5.21. The van der Waals surface area contributed by atoms with E-state index in [0.29, 0.717) is 11.5 Å². The standard InChI is InChI=1S/C10H11ClN2O2/c11-3-4-12-6-7-1-2-8-9(5-7)15-10(14)13-8/h1-2,5,12H,3-4,6H2,(H,13,14). The second kappa shape index (κ2) is 4.51. The molecule has 0 saturated carbocycles. The van der Waals surface area contributed by atoms with Crippen molar-refractivity contribution in [3.05, 3.63) is 34.3 Å². The molecular formula is C10H11ClN2O2. The summed E-state index contributed by atoms with van der Waals surface area (Å²) in [6, 6.07) is 5.61. The minimum absolute atomic E-state index is 0.420. The van der Waals surface area contributed by atoms with Crippen molar-refractivity contribution in [2.24, 2.45) is 0 Å². The van der Waals surface area contributed by atoms with Crippen molar-refractivity contribution in [3.8, 4) is 0 Å². The van der Waals surface area contributed by atoms with Crippen LogP contribution in [-0.4, -0.2) is 17.4 Å². The van der Waals surface area contributed by atoms with Crippen LogP contribution in [-0.2, 0) is 6.54 Å². The summed E-state index contributed by atoms with van der Waals surface area (Å²) in [5.74, 6) is 0.164. The van der Waals surface area contributed by atoms with Crippen molar-refractivity contribution in [1.82, 2.24) is 10.3 Å². The highest BCUT2D eigenvalue weighted by molar-refractivity contribution is 6.18. The van der Waals surface area contributed by atoms with E-state index in [9.17, 15) is 4.79 Å². The largest absolute Gasteiger partial charge is 0.417 e. The number of rotatable bonds is 4. The molecule has 0 fully saturated rings. The Morgan fingerprint density at radius 3 is 3.13 bits per heavy atom. The van der Waals surface area contributed by atoms with Gasteiger partial charge in [-0.15, -0.1) is 11.6 Å². The molecule has 0 radical (unpaired) electrons. The Hall–Kier alpha value is -1.26. The molecule has 0 aliphatic carbocycles. The Labute approximate surface area is 91.2 Å². The summed E-state index contributed by atoms with van der Waals surface area (Å²) in [5.41, 5.74) is 2.38. The molecule has 1 aromatic carbocycles. The zero-order valence-corrected chi connectivity index (χ0v) is 8.80. The molecule has 1 heterocycles. The van der Waals surface area contributed by atoms with Crippen molar-refractivity contribution in [2.75, 3.05) is 12.4 Å². The van der Waals surface area contributed by atoms with E-state index < -0.39 is 5.76 Å². The van der Waals surface area contributed by atoms with Gasteiger partial charge in [-0.3, -0.25) is 4.98 Å². The van der Waals surface area contributed by atoms with Gasteiger partial charge in [-0.1, -0.05) is 6.07 Å². The molecule has 4 nitrogen and oxygen atoms in total. The first-order valence-electron chi connectivity index (χ1n) is 4.68. The average Bonchev–Trinajstić information content (AvgIpc) is 2.57. The molecule has 0 unspecified atom stereocenters. The van der Waals surface area contributed by atoms with Gasteiger partial charge in [0.05, 0.1) is 5.52 Å². The summed E-state index contributed by atoms with van der Waals surface area (Å²) in [6.07, 6.45) is 0. The van der Waals surface area contributed by atoms with E-state index in [0.717, 1.165) is 24.2 Å². The maximum Gasteiger partial charge on any atom is 0.417 e. The number of oxazole rings is 1. The predicted octanol–water partition coefficient (Wildman–Crippen LogP) is 1.45. The van der Waals surface area contributed by atoms with Crippen molar-refractivity contribution >= 4 is 22.7 Å². The van der Waals surface area contributed by atoms with Crippen molar-refractivity contribution < 1.29 is 4.42 Å². The van der Waals surface area contributed by atoms with Gasteiger partial charge in [0.25, 0.3) is 0 Å². The van der Waals surface area contributed by atoms with Crippen molar-refractivity contribution in [2.45, 2.75) is 6.54 Å². The molecule has 2 N–H and O–H groups in total. The van der Waals surface area contributed by atoms with Crippen LogP contribution in [0.4, 0.5) is 0 Å². The molecule has 5 heteroatoms. The van der Waals surface area contributed by atoms with Gasteiger partial charge in [0, 0.05) is 19.0 Å². The number of hydrogen-bond acceptors (Lipinski definition) is 3. The Bertz CT molecular complexity index is 503. The number of halogens is 1. The van der Waals surface area contributed by atoms with Gasteiger partial charge >= 0.3 is 5.76 Å². The van der Waals surface area contributed by atoms with Gasteiger partial charge in [-0.2, -0.15) is 0 Å². The molecular weight excluding hydrogens is 216 g/mol. The van der Waals surface area contributed by atoms with E-state index in [1.54, 1.807) is 0 Å². The van der Waals surface area contributed by atoms with Gasteiger partial charge in [0.15, 0.2) is 5.58 Å². The Morgan fingerprint density at radius 2 is 2.33 bits per heavy atom. The maximum absolute atomic E-state index is 10.9. The lowest BCUT2D eigenvalue weighted by atomic mass is 10.2. The van der Waals surface area contributed by atoms with Crippen molar-refractivity contribution in [3.63, 3.8) is 0 Å². The quantitative estimate of drug-likeness (QED) is 0.613. The third-order valence-corrected chi connectivity index (χ3v) is 2.27. The highest BCUT2D eigenvalue weighted by Crippen LogP contribution is 2.11. The molecule has 0 amide bonds. The third-order valence-electron chi connectivity index (χ3n) is 2.09. The van der Waals surface area contributed by atoms with Crippen LogP contribution in [0.1, 0.15) is 5.56 Å². The van der Waals surface area contributed by atoms with Crippen LogP contribution >= 0.6 is 11.6 Å². The molecule has 0 aliphatic heterocycles. The van der Waals surface area contributed by atoms with E-state index in [1.165, 1.54) is 0 Å². The van der Waals surface area contributed by atoms with Gasteiger partial charge in [-0.25, -0.2) is 4.79 Å². The smallest absolute Gasteiger partial charge is 0.408 e. The molecule has 2 rings (SSSR count). The SMILES string of the molecule is O=c1[nH]c2ccc(CNCCCl)cc2o1. The summed E-state index contributed by atoms with van der Waals surface area (Å²) in [4.78, 5) is 13.5. The molecule has 15 heavy (non-hydrogen) atoms. The second-order valence-electron chi connectivity index (χ2n) is 3.21. The molecule has 1 aromatic heterocycles. The summed E-state index contributed by atoms with van der Waals surface area (Å²) in [7, 11) is 0. The fourth-order valence-electron chi connectivity index (χ4n) is 1.40. The maximum atomic E-state index is 10.9. The minimum Gasteiger partial charge on any atom is -0.408 e. The molecule has 0 atom stereocenters. The number of aromatic nitrogens is 1. The van der Waals surface area contributed by atoms with Crippen LogP contribution in [0, 0.1) is 0 Å². The summed E-state index contributed by atoms with van der Waals surface area (Å²) in [6.45, 7) is 1.48. The summed E-state index contributed by atoms with van der Waals surface area (Å²) >= 11 is 5.54. The van der Waals surface area contributed by atoms with Crippen LogP contribution < -0.4 is 11.1 Å². The molecule has 2 aromatic rings. The Balaban J connectivity index is 2.19. The molecule has 0 bridgehead atoms. The van der Waals surface area contributed by atoms with Crippen molar-refractivity contribution in [1.29, 1.82) is 0 Å². The Kier molecular flexibility index (Phi) is 3.08. The zero-order chi connectivity index (χ0) is 10.7. The number of benzene rings is 1. The van der Waals surface area contributed by atoms with E-state index >= 15 is 0 Å². The van der Waals surface area contributed by atoms with E-state index in [4.69, 9.17) is 16.0 Å². The van der Waals surface area contributed by atoms with Crippen LogP contribution in [0.25, 0.3) is 11.1 Å². The normalized spacial score (nSPS) is 11.0. The van der Waals surface area contributed by atoms with Crippen LogP contribution in [0.3, 0.4) is 0 Å². The van der Waals surface area contributed by atoms with Crippen LogP contribution in [0.15, 0.2) is 27.4 Å². The Morgan fingerprint density at radius 1 is 1.47 bits per heavy atom. The number of hydrogen-bond donors (Lipinski definition) is 2. The summed E-state index contributed by atoms with van der Waals surface area (Å²) < 4.78 is 4.95. The minimum atomic E-state index is -0.420. The molecule has 0 spiro atoms. The highest BCUT2D eigenvalue weighted by Gasteiger charge is 2.01. The van der Waals surface area contributed by atoms with Gasteiger partial charge in [0.1, 0.15) is 0 Å². The van der Waals surface area contributed by atoms with E-state index in [2.05, 4.69) is 10.3 Å². The predicted molar refractivity (Wildman–Crippen MR) is 59.3 cm³/mol. The fourth-order valence-corrected chi connectivity index (χ4v) is 1.53. The second-order valence-corrected chi connectivity index (χ2v) is 3.59. The lowest BCUT2D eigenvalue weighted by molar-refractivity contribution is 0.554.